The second-order valence-electron chi connectivity index (χ2n) is 4.65. The Hall–Kier alpha value is -1.26. The number of carbonyl (C=O) groups is 1. The zero-order chi connectivity index (χ0) is 13.3. The number of halogens is 1. The Morgan fingerprint density at radius 3 is 2.89 bits per heavy atom. The summed E-state index contributed by atoms with van der Waals surface area (Å²) in [6.07, 6.45) is 0.0360. The monoisotopic (exact) mass is 268 g/mol. The largest absolute Gasteiger partial charge is 0.398 e. The van der Waals surface area contributed by atoms with E-state index in [0.717, 1.165) is 0 Å². The van der Waals surface area contributed by atoms with E-state index in [-0.39, 0.29) is 18.1 Å². The van der Waals surface area contributed by atoms with Crippen LogP contribution in [-0.2, 0) is 4.74 Å². The maximum absolute atomic E-state index is 12.5. The second kappa shape index (κ2) is 5.16. The van der Waals surface area contributed by atoms with Gasteiger partial charge in [0, 0.05) is 12.2 Å². The lowest BCUT2D eigenvalue weighted by atomic mass is 10.1. The number of benzene rings is 1. The maximum atomic E-state index is 12.5. The molecule has 2 N–H and O–H groups in total. The molecule has 0 radical (unpaired) electrons. The van der Waals surface area contributed by atoms with Crippen LogP contribution in [0.5, 0.6) is 0 Å². The van der Waals surface area contributed by atoms with Gasteiger partial charge in [0.15, 0.2) is 0 Å². The van der Waals surface area contributed by atoms with E-state index in [2.05, 4.69) is 0 Å². The van der Waals surface area contributed by atoms with Gasteiger partial charge < -0.3 is 15.4 Å². The molecule has 2 unspecified atom stereocenters. The SMILES string of the molecule is CC1CN(C(=O)c2c(N)cccc2Cl)C(C)CO1. The number of hydrogen-bond acceptors (Lipinski definition) is 3. The molecule has 1 aliphatic rings. The number of morpholine rings is 1. The third-order valence-corrected chi connectivity index (χ3v) is 3.44. The Morgan fingerprint density at radius 2 is 2.22 bits per heavy atom. The van der Waals surface area contributed by atoms with Crippen LogP contribution < -0.4 is 5.73 Å². The maximum Gasteiger partial charge on any atom is 0.257 e. The summed E-state index contributed by atoms with van der Waals surface area (Å²) < 4.78 is 5.51. The number of nitrogens with two attached hydrogens (primary N) is 1. The highest BCUT2D eigenvalue weighted by atomic mass is 35.5. The molecular weight excluding hydrogens is 252 g/mol. The topological polar surface area (TPSA) is 55.6 Å². The molecule has 0 aromatic heterocycles. The van der Waals surface area contributed by atoms with Gasteiger partial charge in [-0.3, -0.25) is 4.79 Å². The van der Waals surface area contributed by atoms with Crippen molar-refractivity contribution >= 4 is 23.2 Å². The molecule has 2 rings (SSSR count). The van der Waals surface area contributed by atoms with Crippen LogP contribution in [-0.4, -0.2) is 36.1 Å². The third kappa shape index (κ3) is 2.44. The van der Waals surface area contributed by atoms with Crippen LogP contribution >= 0.6 is 11.6 Å². The summed E-state index contributed by atoms with van der Waals surface area (Å²) in [6.45, 7) is 5.00. The summed E-state index contributed by atoms with van der Waals surface area (Å²) in [4.78, 5) is 14.3. The van der Waals surface area contributed by atoms with Gasteiger partial charge in [0.05, 0.1) is 29.3 Å². The molecular formula is C13H17ClN2O2. The fourth-order valence-electron chi connectivity index (χ4n) is 2.10. The molecule has 1 heterocycles. The molecule has 1 aromatic rings. The van der Waals surface area contributed by atoms with Crippen LogP contribution in [0.15, 0.2) is 18.2 Å². The molecule has 0 spiro atoms. The molecule has 1 fully saturated rings. The van der Waals surface area contributed by atoms with Gasteiger partial charge in [0.2, 0.25) is 0 Å². The van der Waals surface area contributed by atoms with Crippen LogP contribution in [0.25, 0.3) is 0 Å². The second-order valence-corrected chi connectivity index (χ2v) is 5.06. The van der Waals surface area contributed by atoms with E-state index in [0.29, 0.717) is 29.4 Å². The molecule has 4 nitrogen and oxygen atoms in total. The Labute approximate surface area is 112 Å². The first kappa shape index (κ1) is 13.2. The molecule has 5 heteroatoms. The van der Waals surface area contributed by atoms with Crippen molar-refractivity contribution in [1.82, 2.24) is 4.90 Å². The lowest BCUT2D eigenvalue weighted by Gasteiger charge is -2.37. The minimum atomic E-state index is -0.124. The molecule has 98 valence electrons. The van der Waals surface area contributed by atoms with Crippen molar-refractivity contribution in [2.45, 2.75) is 26.0 Å². The molecule has 1 amide bonds. The van der Waals surface area contributed by atoms with E-state index in [1.54, 1.807) is 23.1 Å². The number of nitrogen functional groups attached to an aromatic ring is 1. The molecule has 18 heavy (non-hydrogen) atoms. The van der Waals surface area contributed by atoms with Crippen molar-refractivity contribution in [3.05, 3.63) is 28.8 Å². The summed E-state index contributed by atoms with van der Waals surface area (Å²) in [7, 11) is 0. The molecule has 1 aromatic carbocycles. The summed E-state index contributed by atoms with van der Waals surface area (Å²) in [5, 5.41) is 0.395. The number of hydrogen-bond donors (Lipinski definition) is 1. The minimum absolute atomic E-state index is 0.0318. The highest BCUT2D eigenvalue weighted by molar-refractivity contribution is 6.34. The van der Waals surface area contributed by atoms with Crippen molar-refractivity contribution in [3.63, 3.8) is 0 Å². The van der Waals surface area contributed by atoms with Crippen molar-refractivity contribution < 1.29 is 9.53 Å². The molecule has 0 saturated carbocycles. The van der Waals surface area contributed by atoms with E-state index in [1.807, 2.05) is 13.8 Å². The summed E-state index contributed by atoms with van der Waals surface area (Å²) >= 11 is 6.07. The smallest absolute Gasteiger partial charge is 0.257 e. The van der Waals surface area contributed by atoms with E-state index in [9.17, 15) is 4.79 Å². The van der Waals surface area contributed by atoms with Gasteiger partial charge >= 0.3 is 0 Å². The quantitative estimate of drug-likeness (QED) is 0.794. The number of ether oxygens (including phenoxy) is 1. The van der Waals surface area contributed by atoms with Gasteiger partial charge in [0.25, 0.3) is 5.91 Å². The lowest BCUT2D eigenvalue weighted by Crippen LogP contribution is -2.50. The highest BCUT2D eigenvalue weighted by Gasteiger charge is 2.30. The zero-order valence-corrected chi connectivity index (χ0v) is 11.3. The molecule has 0 bridgehead atoms. The lowest BCUT2D eigenvalue weighted by molar-refractivity contribution is -0.0386. The first-order valence-corrected chi connectivity index (χ1v) is 6.35. The standard InChI is InChI=1S/C13H17ClN2O2/c1-8-7-18-9(2)6-16(8)13(17)12-10(14)4-3-5-11(12)15/h3-5,8-9H,6-7,15H2,1-2H3. The van der Waals surface area contributed by atoms with Gasteiger partial charge in [-0.15, -0.1) is 0 Å². The number of amides is 1. The Morgan fingerprint density at radius 1 is 1.50 bits per heavy atom. The van der Waals surface area contributed by atoms with E-state index < -0.39 is 0 Å². The third-order valence-electron chi connectivity index (χ3n) is 3.13. The first-order valence-electron chi connectivity index (χ1n) is 5.97. The Bertz CT molecular complexity index is 444. The number of carbonyl (C=O) groups excluding carboxylic acids is 1. The van der Waals surface area contributed by atoms with Crippen LogP contribution in [0, 0.1) is 0 Å². The predicted octanol–water partition coefficient (Wildman–Crippen LogP) is 2.17. The highest BCUT2D eigenvalue weighted by Crippen LogP contribution is 2.25. The fraction of sp³-hybridized carbons (Fsp3) is 0.462. The van der Waals surface area contributed by atoms with E-state index in [4.69, 9.17) is 22.1 Å². The molecule has 1 aliphatic heterocycles. The Balaban J connectivity index is 2.30. The van der Waals surface area contributed by atoms with E-state index in [1.165, 1.54) is 0 Å². The van der Waals surface area contributed by atoms with Crippen molar-refractivity contribution in [2.75, 3.05) is 18.9 Å². The van der Waals surface area contributed by atoms with Crippen LogP contribution in [0.3, 0.4) is 0 Å². The average Bonchev–Trinajstić information content (AvgIpc) is 2.32. The number of rotatable bonds is 1. The summed E-state index contributed by atoms with van der Waals surface area (Å²) in [5.74, 6) is -0.124. The number of anilines is 1. The van der Waals surface area contributed by atoms with Crippen molar-refractivity contribution in [3.8, 4) is 0 Å². The van der Waals surface area contributed by atoms with Gasteiger partial charge in [-0.05, 0) is 26.0 Å². The molecule has 0 aliphatic carbocycles. The van der Waals surface area contributed by atoms with Crippen LogP contribution in [0.2, 0.25) is 5.02 Å². The van der Waals surface area contributed by atoms with Gasteiger partial charge in [-0.1, -0.05) is 17.7 Å². The predicted molar refractivity (Wildman–Crippen MR) is 71.8 cm³/mol. The fourth-order valence-corrected chi connectivity index (χ4v) is 2.36. The zero-order valence-electron chi connectivity index (χ0n) is 10.5. The summed E-state index contributed by atoms with van der Waals surface area (Å²) in [5.41, 5.74) is 6.65. The van der Waals surface area contributed by atoms with Crippen molar-refractivity contribution in [2.24, 2.45) is 0 Å². The van der Waals surface area contributed by atoms with E-state index >= 15 is 0 Å². The normalized spacial score (nSPS) is 24.1. The molecule has 2 atom stereocenters. The van der Waals surface area contributed by atoms with Gasteiger partial charge in [-0.25, -0.2) is 0 Å². The first-order chi connectivity index (χ1) is 8.50. The van der Waals surface area contributed by atoms with Gasteiger partial charge in [0.1, 0.15) is 0 Å². The summed E-state index contributed by atoms with van der Waals surface area (Å²) in [6, 6.07) is 5.14. The number of nitrogens with zero attached hydrogens (tertiary/aromatic N) is 1. The minimum Gasteiger partial charge on any atom is -0.398 e. The van der Waals surface area contributed by atoms with Gasteiger partial charge in [-0.2, -0.15) is 0 Å². The Kier molecular flexibility index (Phi) is 3.78. The van der Waals surface area contributed by atoms with Crippen molar-refractivity contribution in [1.29, 1.82) is 0 Å². The molecule has 1 saturated heterocycles. The van der Waals surface area contributed by atoms with Crippen LogP contribution in [0.1, 0.15) is 24.2 Å². The van der Waals surface area contributed by atoms with Crippen LogP contribution in [0.4, 0.5) is 5.69 Å². The average molecular weight is 269 g/mol.